The van der Waals surface area contributed by atoms with Gasteiger partial charge in [0.25, 0.3) is 0 Å². The first-order valence-corrected chi connectivity index (χ1v) is 14.0. The maximum absolute atomic E-state index is 15.0. The van der Waals surface area contributed by atoms with Crippen molar-refractivity contribution in [3.8, 4) is 0 Å². The summed E-state index contributed by atoms with van der Waals surface area (Å²) in [5, 5.41) is 0. The molecule has 220 valence electrons. The fourth-order valence-electron chi connectivity index (χ4n) is 6.93. The van der Waals surface area contributed by atoms with Gasteiger partial charge in [-0.2, -0.15) is 26.3 Å². The van der Waals surface area contributed by atoms with Crippen molar-refractivity contribution in [3.63, 3.8) is 0 Å². The molecule has 1 heterocycles. The lowest BCUT2D eigenvalue weighted by atomic mass is 9.63. The zero-order valence-electron chi connectivity index (χ0n) is 23.1. The first kappa shape index (κ1) is 30.4. The van der Waals surface area contributed by atoms with Gasteiger partial charge in [0.05, 0.1) is 0 Å². The van der Waals surface area contributed by atoms with E-state index in [0.29, 0.717) is 37.4 Å². The van der Waals surface area contributed by atoms with Crippen LogP contribution in [0.3, 0.4) is 0 Å². The number of carbonyl (C=O) groups excluding carboxylic acids is 1. The van der Waals surface area contributed by atoms with E-state index in [-0.39, 0.29) is 29.9 Å². The Labute approximate surface area is 230 Å². The molecule has 1 fully saturated rings. The predicted octanol–water partition coefficient (Wildman–Crippen LogP) is 8.53. The Hall–Kier alpha value is -2.58. The largest absolute Gasteiger partial charge is 0.435 e. The number of amides is 1. The van der Waals surface area contributed by atoms with Gasteiger partial charge in [-0.05, 0) is 62.1 Å². The number of hydrogen-bond donors (Lipinski definition) is 0. The van der Waals surface area contributed by atoms with E-state index in [1.807, 2.05) is 49.9 Å². The highest BCUT2D eigenvalue weighted by atomic mass is 19.4. The Kier molecular flexibility index (Phi) is 8.36. The first-order chi connectivity index (χ1) is 18.7. The summed E-state index contributed by atoms with van der Waals surface area (Å²) in [5.41, 5.74) is -4.72. The van der Waals surface area contributed by atoms with Gasteiger partial charge in [-0.1, -0.05) is 74.7 Å². The second-order valence-corrected chi connectivity index (χ2v) is 11.5. The zero-order valence-corrected chi connectivity index (χ0v) is 23.1. The van der Waals surface area contributed by atoms with E-state index in [0.717, 1.165) is 42.9 Å². The second-order valence-electron chi connectivity index (χ2n) is 11.5. The number of fused-ring (bicyclic) bond motifs is 3. The van der Waals surface area contributed by atoms with Crippen molar-refractivity contribution >= 4 is 5.91 Å². The molecule has 0 unspecified atom stereocenters. The third-order valence-corrected chi connectivity index (χ3v) is 8.87. The number of carbonyl (C=O) groups is 1. The molecule has 0 saturated carbocycles. The Morgan fingerprint density at radius 1 is 0.950 bits per heavy atom. The molecule has 1 aliphatic heterocycles. The molecular formula is C31H36F7NO. The minimum atomic E-state index is -6.17. The standard InChI is InChI=1S/C31H36F7NO/c1-4-6-22(7-5-2)27(40)39-17-16-28(19-21-10-8-20(3)9-11-21)25-14-13-24(18-23(25)12-15-26(28)39)29(32,30(33,34)35)31(36,37)38/h8-11,13-14,18,22,26H,4-7,12,15-17,19H2,1-3H3/t26-,28-/m0/s1. The summed E-state index contributed by atoms with van der Waals surface area (Å²) >= 11 is 0. The summed E-state index contributed by atoms with van der Waals surface area (Å²) in [6, 6.07) is 10.2. The number of rotatable bonds is 8. The fraction of sp³-hybridized carbons (Fsp3) is 0.581. The predicted molar refractivity (Wildman–Crippen MR) is 140 cm³/mol. The Morgan fingerprint density at radius 3 is 2.10 bits per heavy atom. The number of benzene rings is 2. The molecule has 4 rings (SSSR count). The Morgan fingerprint density at radius 2 is 1.55 bits per heavy atom. The summed E-state index contributed by atoms with van der Waals surface area (Å²) in [4.78, 5) is 15.7. The van der Waals surface area contributed by atoms with Crippen LogP contribution in [-0.2, 0) is 28.7 Å². The van der Waals surface area contributed by atoms with Gasteiger partial charge in [0.1, 0.15) is 0 Å². The van der Waals surface area contributed by atoms with Crippen molar-refractivity contribution in [2.45, 2.75) is 102 Å². The smallest absolute Gasteiger partial charge is 0.339 e. The van der Waals surface area contributed by atoms with Gasteiger partial charge in [0.15, 0.2) is 0 Å². The van der Waals surface area contributed by atoms with Crippen molar-refractivity contribution in [2.24, 2.45) is 5.92 Å². The minimum absolute atomic E-state index is 0.0662. The number of halogens is 7. The van der Waals surface area contributed by atoms with Crippen LogP contribution >= 0.6 is 0 Å². The highest BCUT2D eigenvalue weighted by Gasteiger charge is 2.73. The van der Waals surface area contributed by atoms with Gasteiger partial charge in [0, 0.05) is 29.5 Å². The van der Waals surface area contributed by atoms with E-state index in [9.17, 15) is 35.5 Å². The summed E-state index contributed by atoms with van der Waals surface area (Å²) in [7, 11) is 0. The maximum atomic E-state index is 15.0. The molecule has 0 radical (unpaired) electrons. The third-order valence-electron chi connectivity index (χ3n) is 8.87. The van der Waals surface area contributed by atoms with Gasteiger partial charge >= 0.3 is 18.0 Å². The lowest BCUT2D eigenvalue weighted by molar-refractivity contribution is -0.348. The summed E-state index contributed by atoms with van der Waals surface area (Å²) in [5.74, 6) is -0.0591. The van der Waals surface area contributed by atoms with Crippen LogP contribution in [-0.4, -0.2) is 35.7 Å². The lowest BCUT2D eigenvalue weighted by Gasteiger charge is -2.44. The summed E-state index contributed by atoms with van der Waals surface area (Å²) in [6.45, 7) is 6.47. The van der Waals surface area contributed by atoms with E-state index < -0.39 is 29.0 Å². The van der Waals surface area contributed by atoms with E-state index in [1.54, 1.807) is 0 Å². The highest BCUT2D eigenvalue weighted by molar-refractivity contribution is 5.80. The number of likely N-dealkylation sites (tertiary alicyclic amines) is 1. The van der Waals surface area contributed by atoms with Crippen molar-refractivity contribution in [1.29, 1.82) is 0 Å². The van der Waals surface area contributed by atoms with Crippen LogP contribution in [0.25, 0.3) is 0 Å². The maximum Gasteiger partial charge on any atom is 0.435 e. The molecule has 0 N–H and O–H groups in total. The fourth-order valence-corrected chi connectivity index (χ4v) is 6.93. The molecule has 40 heavy (non-hydrogen) atoms. The van der Waals surface area contributed by atoms with Gasteiger partial charge < -0.3 is 4.90 Å². The normalized spacial score (nSPS) is 21.5. The SMILES string of the molecule is CCCC(CCC)C(=O)N1CC[C@]2(Cc3ccc(C)cc3)c3ccc(C(F)(C(F)(F)F)C(F)(F)F)cc3CC[C@H]12. The molecule has 2 aromatic rings. The van der Waals surface area contributed by atoms with Gasteiger partial charge in [-0.15, -0.1) is 0 Å². The van der Waals surface area contributed by atoms with E-state index in [4.69, 9.17) is 0 Å². The van der Waals surface area contributed by atoms with Crippen molar-refractivity contribution in [1.82, 2.24) is 4.90 Å². The average Bonchev–Trinajstić information content (AvgIpc) is 3.26. The molecule has 1 saturated heterocycles. The van der Waals surface area contributed by atoms with Crippen LogP contribution in [0.1, 0.15) is 80.2 Å². The van der Waals surface area contributed by atoms with Crippen LogP contribution < -0.4 is 0 Å². The van der Waals surface area contributed by atoms with E-state index in [1.165, 1.54) is 6.07 Å². The molecule has 2 atom stereocenters. The molecule has 0 spiro atoms. The quantitative estimate of drug-likeness (QED) is 0.291. The van der Waals surface area contributed by atoms with E-state index >= 15 is 0 Å². The number of aryl methyl sites for hydroxylation is 2. The Balaban J connectivity index is 1.82. The van der Waals surface area contributed by atoms with Crippen LogP contribution in [0.15, 0.2) is 42.5 Å². The Bertz CT molecular complexity index is 1180. The van der Waals surface area contributed by atoms with Crippen LogP contribution in [0.4, 0.5) is 30.7 Å². The van der Waals surface area contributed by atoms with Gasteiger partial charge in [-0.25, -0.2) is 4.39 Å². The first-order valence-electron chi connectivity index (χ1n) is 14.0. The minimum Gasteiger partial charge on any atom is -0.339 e. The number of hydrogen-bond acceptors (Lipinski definition) is 1. The average molecular weight is 572 g/mol. The van der Waals surface area contributed by atoms with Crippen molar-refractivity contribution in [3.05, 3.63) is 70.3 Å². The lowest BCUT2D eigenvalue weighted by Crippen LogP contribution is -2.52. The van der Waals surface area contributed by atoms with Crippen molar-refractivity contribution in [2.75, 3.05) is 6.54 Å². The molecule has 9 heteroatoms. The van der Waals surface area contributed by atoms with Crippen LogP contribution in [0.5, 0.6) is 0 Å². The van der Waals surface area contributed by atoms with Crippen LogP contribution in [0, 0.1) is 12.8 Å². The molecule has 0 aromatic heterocycles. The molecule has 1 amide bonds. The second kappa shape index (κ2) is 11.0. The molecular weight excluding hydrogens is 535 g/mol. The third kappa shape index (κ3) is 5.13. The van der Waals surface area contributed by atoms with E-state index in [2.05, 4.69) is 0 Å². The highest BCUT2D eigenvalue weighted by Crippen LogP contribution is 2.55. The van der Waals surface area contributed by atoms with Gasteiger partial charge in [-0.3, -0.25) is 4.79 Å². The van der Waals surface area contributed by atoms with Gasteiger partial charge in [0.2, 0.25) is 5.91 Å². The molecule has 1 aliphatic carbocycles. The molecule has 0 bridgehead atoms. The van der Waals surface area contributed by atoms with Crippen LogP contribution in [0.2, 0.25) is 0 Å². The number of alkyl halides is 7. The summed E-state index contributed by atoms with van der Waals surface area (Å²) in [6.07, 6.45) is -7.56. The monoisotopic (exact) mass is 571 g/mol. The number of nitrogens with zero attached hydrogens (tertiary/aromatic N) is 1. The topological polar surface area (TPSA) is 20.3 Å². The molecule has 2 aromatic carbocycles. The zero-order chi connectivity index (χ0) is 29.5. The van der Waals surface area contributed by atoms with Crippen molar-refractivity contribution < 1.29 is 35.5 Å². The summed E-state index contributed by atoms with van der Waals surface area (Å²) < 4.78 is 96.1. The molecule has 2 nitrogen and oxygen atoms in total. The molecule has 2 aliphatic rings.